The first-order valence-electron chi connectivity index (χ1n) is 6.90. The number of carbonyl (C=O) groups excluding carboxylic acids is 1. The fraction of sp³-hybridized carbons (Fsp3) is 0.929. The quantitative estimate of drug-likeness (QED) is 0.312. The minimum absolute atomic E-state index is 0.267. The first kappa shape index (κ1) is 16.4. The highest BCUT2D eigenvalue weighted by Crippen LogP contribution is 2.12. The zero-order valence-corrected chi connectivity index (χ0v) is 11.7. The molecule has 0 aromatic carbocycles. The maximum absolute atomic E-state index is 10.7. The molecule has 0 aliphatic carbocycles. The molecule has 3 nitrogen and oxygen atoms in total. The first-order chi connectivity index (χ1) is 8.20. The Bertz CT molecular complexity index is 180. The van der Waals surface area contributed by atoms with Crippen molar-refractivity contribution < 1.29 is 14.3 Å². The Morgan fingerprint density at radius 3 is 2.00 bits per heavy atom. The number of rotatable bonds is 11. The zero-order valence-electron chi connectivity index (χ0n) is 11.7. The highest BCUT2D eigenvalue weighted by atomic mass is 16.7. The van der Waals surface area contributed by atoms with E-state index in [9.17, 15) is 4.79 Å². The molecular weight excluding hydrogens is 216 g/mol. The Labute approximate surface area is 106 Å². The Balaban J connectivity index is 3.28. The topological polar surface area (TPSA) is 35.5 Å². The molecule has 0 aliphatic rings. The molecule has 1 atom stereocenters. The number of hydrogen-bond acceptors (Lipinski definition) is 3. The molecule has 0 radical (unpaired) electrons. The van der Waals surface area contributed by atoms with Gasteiger partial charge in [0.2, 0.25) is 6.29 Å². The van der Waals surface area contributed by atoms with Gasteiger partial charge in [-0.15, -0.1) is 0 Å². The number of hydrogen-bond donors (Lipinski definition) is 0. The second-order valence-electron chi connectivity index (χ2n) is 4.54. The number of ether oxygens (including phenoxy) is 2. The van der Waals surface area contributed by atoms with Crippen LogP contribution in [0.1, 0.15) is 71.6 Å². The summed E-state index contributed by atoms with van der Waals surface area (Å²) in [5.74, 6) is -0.267. The summed E-state index contributed by atoms with van der Waals surface area (Å²) in [6.45, 7) is 3.65. The van der Waals surface area contributed by atoms with E-state index in [4.69, 9.17) is 9.47 Å². The van der Waals surface area contributed by atoms with E-state index in [2.05, 4.69) is 6.92 Å². The van der Waals surface area contributed by atoms with Crippen LogP contribution in [0.4, 0.5) is 0 Å². The van der Waals surface area contributed by atoms with E-state index in [0.717, 1.165) is 12.8 Å². The summed E-state index contributed by atoms with van der Waals surface area (Å²) in [6.07, 6.45) is 10.7. The van der Waals surface area contributed by atoms with Crippen molar-refractivity contribution in [1.82, 2.24) is 0 Å². The van der Waals surface area contributed by atoms with Crippen molar-refractivity contribution >= 4 is 5.97 Å². The van der Waals surface area contributed by atoms with Crippen molar-refractivity contribution in [1.29, 1.82) is 0 Å². The SMILES string of the molecule is CCCCCCCCCCC(OC)OC(C)=O. The largest absolute Gasteiger partial charge is 0.436 e. The monoisotopic (exact) mass is 244 g/mol. The number of methoxy groups -OCH3 is 1. The van der Waals surface area contributed by atoms with Crippen LogP contribution in [0.3, 0.4) is 0 Å². The van der Waals surface area contributed by atoms with Gasteiger partial charge in [0.1, 0.15) is 0 Å². The fourth-order valence-corrected chi connectivity index (χ4v) is 1.85. The van der Waals surface area contributed by atoms with Crippen LogP contribution in [-0.2, 0) is 14.3 Å². The van der Waals surface area contributed by atoms with Crippen molar-refractivity contribution in [2.75, 3.05) is 7.11 Å². The van der Waals surface area contributed by atoms with Gasteiger partial charge in [-0.1, -0.05) is 51.9 Å². The number of esters is 1. The minimum atomic E-state index is -0.354. The lowest BCUT2D eigenvalue weighted by Crippen LogP contribution is -2.18. The van der Waals surface area contributed by atoms with Crippen LogP contribution in [0.25, 0.3) is 0 Å². The molecule has 1 unspecified atom stereocenters. The third-order valence-electron chi connectivity index (χ3n) is 2.85. The Kier molecular flexibility index (Phi) is 11.5. The van der Waals surface area contributed by atoms with Gasteiger partial charge in [-0.2, -0.15) is 0 Å². The summed E-state index contributed by atoms with van der Waals surface area (Å²) in [5.41, 5.74) is 0. The van der Waals surface area contributed by atoms with Crippen LogP contribution in [0.2, 0.25) is 0 Å². The molecule has 0 saturated carbocycles. The molecule has 0 aromatic rings. The van der Waals surface area contributed by atoms with Crippen molar-refractivity contribution in [3.8, 4) is 0 Å². The highest BCUT2D eigenvalue weighted by Gasteiger charge is 2.09. The standard InChI is InChI=1S/C14H28O3/c1-4-5-6-7-8-9-10-11-12-14(16-3)17-13(2)15/h14H,4-12H2,1-3H3. The van der Waals surface area contributed by atoms with E-state index in [1.807, 2.05) is 0 Å². The van der Waals surface area contributed by atoms with Crippen LogP contribution in [0, 0.1) is 0 Å². The highest BCUT2D eigenvalue weighted by molar-refractivity contribution is 5.66. The molecular formula is C14H28O3. The van der Waals surface area contributed by atoms with Crippen LogP contribution < -0.4 is 0 Å². The lowest BCUT2D eigenvalue weighted by molar-refractivity contribution is -0.172. The van der Waals surface area contributed by atoms with Crippen LogP contribution >= 0.6 is 0 Å². The van der Waals surface area contributed by atoms with E-state index in [-0.39, 0.29) is 12.3 Å². The molecule has 0 aromatic heterocycles. The molecule has 0 spiro atoms. The van der Waals surface area contributed by atoms with Crippen LogP contribution in [0.15, 0.2) is 0 Å². The predicted molar refractivity (Wildman–Crippen MR) is 69.8 cm³/mol. The molecule has 17 heavy (non-hydrogen) atoms. The summed E-state index contributed by atoms with van der Waals surface area (Å²) in [6, 6.07) is 0. The van der Waals surface area contributed by atoms with E-state index >= 15 is 0 Å². The minimum Gasteiger partial charge on any atom is -0.436 e. The molecule has 0 aliphatic heterocycles. The lowest BCUT2D eigenvalue weighted by Gasteiger charge is -2.14. The van der Waals surface area contributed by atoms with E-state index < -0.39 is 0 Å². The summed E-state index contributed by atoms with van der Waals surface area (Å²) in [7, 11) is 1.58. The van der Waals surface area contributed by atoms with Gasteiger partial charge >= 0.3 is 5.97 Å². The van der Waals surface area contributed by atoms with Crippen molar-refractivity contribution in [3.63, 3.8) is 0 Å². The molecule has 3 heteroatoms. The van der Waals surface area contributed by atoms with Gasteiger partial charge in [-0.25, -0.2) is 0 Å². The smallest absolute Gasteiger partial charge is 0.304 e. The molecule has 0 N–H and O–H groups in total. The fourth-order valence-electron chi connectivity index (χ4n) is 1.85. The van der Waals surface area contributed by atoms with Crippen LogP contribution in [0.5, 0.6) is 0 Å². The summed E-state index contributed by atoms with van der Waals surface area (Å²) < 4.78 is 10.1. The average Bonchev–Trinajstić information content (AvgIpc) is 2.30. The molecule has 0 amide bonds. The number of carbonyl (C=O) groups is 1. The maximum atomic E-state index is 10.7. The molecule has 0 rings (SSSR count). The van der Waals surface area contributed by atoms with Crippen molar-refractivity contribution in [3.05, 3.63) is 0 Å². The third kappa shape index (κ3) is 11.7. The van der Waals surface area contributed by atoms with Gasteiger partial charge in [-0.05, 0) is 6.42 Å². The predicted octanol–water partition coefficient (Wildman–Crippen LogP) is 4.05. The third-order valence-corrected chi connectivity index (χ3v) is 2.85. The molecule has 102 valence electrons. The van der Waals surface area contributed by atoms with Crippen molar-refractivity contribution in [2.24, 2.45) is 0 Å². The number of unbranched alkanes of at least 4 members (excludes halogenated alkanes) is 7. The average molecular weight is 244 g/mol. The van der Waals surface area contributed by atoms with E-state index in [1.165, 1.54) is 51.9 Å². The Morgan fingerprint density at radius 2 is 1.53 bits per heavy atom. The first-order valence-corrected chi connectivity index (χ1v) is 6.90. The normalized spacial score (nSPS) is 12.4. The second-order valence-corrected chi connectivity index (χ2v) is 4.54. The second kappa shape index (κ2) is 11.9. The lowest BCUT2D eigenvalue weighted by atomic mass is 10.1. The van der Waals surface area contributed by atoms with Gasteiger partial charge in [-0.3, -0.25) is 4.79 Å². The molecule has 0 fully saturated rings. The van der Waals surface area contributed by atoms with E-state index in [0.29, 0.717) is 0 Å². The Morgan fingerprint density at radius 1 is 1.00 bits per heavy atom. The van der Waals surface area contributed by atoms with Gasteiger partial charge < -0.3 is 9.47 Å². The van der Waals surface area contributed by atoms with E-state index in [1.54, 1.807) is 7.11 Å². The maximum Gasteiger partial charge on any atom is 0.304 e. The molecule has 0 heterocycles. The summed E-state index contributed by atoms with van der Waals surface area (Å²) >= 11 is 0. The van der Waals surface area contributed by atoms with Gasteiger partial charge in [0.15, 0.2) is 0 Å². The van der Waals surface area contributed by atoms with Gasteiger partial charge in [0, 0.05) is 20.5 Å². The van der Waals surface area contributed by atoms with Crippen molar-refractivity contribution in [2.45, 2.75) is 77.9 Å². The molecule has 0 saturated heterocycles. The van der Waals surface area contributed by atoms with Crippen LogP contribution in [-0.4, -0.2) is 19.4 Å². The van der Waals surface area contributed by atoms with Gasteiger partial charge in [0.25, 0.3) is 0 Å². The summed E-state index contributed by atoms with van der Waals surface area (Å²) in [5, 5.41) is 0. The van der Waals surface area contributed by atoms with Gasteiger partial charge in [0.05, 0.1) is 0 Å². The summed E-state index contributed by atoms with van der Waals surface area (Å²) in [4.78, 5) is 10.7. The molecule has 0 bridgehead atoms. The zero-order chi connectivity index (χ0) is 12.9. The Hall–Kier alpha value is -0.570.